The van der Waals surface area contributed by atoms with Crippen LogP contribution >= 0.6 is 23.5 Å². The van der Waals surface area contributed by atoms with E-state index in [4.69, 9.17) is 31.6 Å². The Labute approximate surface area is 191 Å². The molecule has 1 saturated heterocycles. The molecule has 2 aromatic heterocycles. The second kappa shape index (κ2) is 8.78. The van der Waals surface area contributed by atoms with Crippen LogP contribution in [0, 0.1) is 12.3 Å². The lowest BCUT2D eigenvalue weighted by Gasteiger charge is -2.25. The topological polar surface area (TPSA) is 279 Å². The number of halogens is 2. The van der Waals surface area contributed by atoms with Gasteiger partial charge in [-0.2, -0.15) is 13.6 Å². The van der Waals surface area contributed by atoms with E-state index in [9.17, 15) is 32.9 Å². The summed E-state index contributed by atoms with van der Waals surface area (Å²) >= 11 is 0. The molecule has 23 heteroatoms. The molecular weight excluding hydrogens is 553 g/mol. The number of hydrogen-bond donors (Lipinski definition) is 7. The first kappa shape index (κ1) is 27.5. The minimum absolute atomic E-state index is 0.401. The number of nitrogen functional groups attached to an aromatic ring is 1. The Balaban J connectivity index is 1.89. The smallest absolute Gasteiger partial charge is 0.371 e. The molecule has 1 fully saturated rings. The van der Waals surface area contributed by atoms with Crippen LogP contribution in [0.4, 0.5) is 14.7 Å². The Kier molecular flexibility index (Phi) is 6.90. The Bertz CT molecular complexity index is 1400. The second-order valence-electron chi connectivity index (χ2n) is 6.73. The Morgan fingerprint density at radius 3 is 2.49 bits per heavy atom. The van der Waals surface area contributed by atoms with Crippen LogP contribution < -0.4 is 11.3 Å². The van der Waals surface area contributed by atoms with E-state index >= 15 is 4.39 Å². The van der Waals surface area contributed by atoms with Gasteiger partial charge in [-0.25, -0.2) is 27.5 Å². The van der Waals surface area contributed by atoms with Crippen molar-refractivity contribution in [1.82, 2.24) is 19.5 Å². The minimum atomic E-state index is -5.96. The molecule has 3 heterocycles. The van der Waals surface area contributed by atoms with Crippen LogP contribution in [0.25, 0.3) is 11.2 Å². The molecule has 1 aliphatic rings. The third kappa shape index (κ3) is 5.52. The number of aliphatic hydroxyl groups is 1. The minimum Gasteiger partial charge on any atom is -0.371 e. The second-order valence-corrected chi connectivity index (χ2v) is 11.1. The fourth-order valence-corrected chi connectivity index (χ4v) is 5.93. The highest BCUT2D eigenvalue weighted by atomic mass is 31.3. The van der Waals surface area contributed by atoms with Crippen molar-refractivity contribution in [3.05, 3.63) is 16.7 Å². The van der Waals surface area contributed by atoms with Gasteiger partial charge in [-0.15, -0.1) is 6.42 Å². The molecule has 194 valence electrons. The number of ether oxygens (including phenoxy) is 1. The number of nitrogens with two attached hydrogens (primary N) is 1. The summed E-state index contributed by atoms with van der Waals surface area (Å²) in [7, 11) is -17.6. The Morgan fingerprint density at radius 1 is 1.29 bits per heavy atom. The maximum Gasteiger partial charge on any atom is 0.490 e. The van der Waals surface area contributed by atoms with Gasteiger partial charge in [0.25, 0.3) is 11.4 Å². The van der Waals surface area contributed by atoms with E-state index in [2.05, 4.69) is 28.1 Å². The standard InChI is InChI=1S/C12H14F2N5O13P3/c1-2-11(21)8(13)12(14,3-29-34(25,26)32-35(27,28)31-33(22,23)24)30-9(11)19-4-16-5-6(19)17-10(15)18-7(5)20/h1,4,8-9,21H,3H2,(H,25,26)(H,27,28)(H2,22,23,24)(H3,15,17,18,20)/t8-,9?,11+,12+/m0/s1. The van der Waals surface area contributed by atoms with Gasteiger partial charge in [0, 0.05) is 0 Å². The maximum atomic E-state index is 15.3. The van der Waals surface area contributed by atoms with Gasteiger partial charge in [-0.3, -0.25) is 18.9 Å². The lowest BCUT2D eigenvalue weighted by molar-refractivity contribution is -0.193. The average molecular weight is 567 g/mol. The largest absolute Gasteiger partial charge is 0.490 e. The van der Waals surface area contributed by atoms with Gasteiger partial charge in [0.2, 0.25) is 17.7 Å². The number of rotatable bonds is 8. The summed E-state index contributed by atoms with van der Waals surface area (Å²) < 4.78 is 80.5. The quantitative estimate of drug-likeness (QED) is 0.148. The van der Waals surface area contributed by atoms with Gasteiger partial charge < -0.3 is 35.2 Å². The van der Waals surface area contributed by atoms with Gasteiger partial charge in [-0.05, 0) is 0 Å². The van der Waals surface area contributed by atoms with Crippen molar-refractivity contribution in [2.45, 2.75) is 23.9 Å². The van der Waals surface area contributed by atoms with E-state index in [1.54, 1.807) is 5.92 Å². The van der Waals surface area contributed by atoms with Crippen LogP contribution in [0.1, 0.15) is 6.23 Å². The zero-order valence-electron chi connectivity index (χ0n) is 16.5. The number of H-pyrrole nitrogens is 1. The summed E-state index contributed by atoms with van der Waals surface area (Å²) in [6, 6.07) is 0. The van der Waals surface area contributed by atoms with E-state index in [0.29, 0.717) is 4.57 Å². The molecule has 0 saturated carbocycles. The van der Waals surface area contributed by atoms with Crippen LogP contribution in [0.3, 0.4) is 0 Å². The molecule has 35 heavy (non-hydrogen) atoms. The molecule has 6 atom stereocenters. The van der Waals surface area contributed by atoms with Crippen LogP contribution in [-0.4, -0.2) is 68.4 Å². The Morgan fingerprint density at radius 2 is 1.91 bits per heavy atom. The highest BCUT2D eigenvalue weighted by Gasteiger charge is 2.67. The normalized spacial score (nSPS) is 30.6. The molecule has 0 spiro atoms. The number of alkyl halides is 2. The maximum absolute atomic E-state index is 15.3. The molecule has 1 aliphatic heterocycles. The number of imidazole rings is 1. The highest BCUT2D eigenvalue weighted by molar-refractivity contribution is 7.66. The molecule has 3 rings (SSSR count). The summed E-state index contributed by atoms with van der Waals surface area (Å²) in [6.07, 6.45) is 0.437. The van der Waals surface area contributed by atoms with Crippen LogP contribution in [0.5, 0.6) is 0 Å². The van der Waals surface area contributed by atoms with E-state index in [0.717, 1.165) is 6.33 Å². The third-order valence-corrected chi connectivity index (χ3v) is 8.01. The lowest BCUT2D eigenvalue weighted by atomic mass is 9.95. The highest BCUT2D eigenvalue weighted by Crippen LogP contribution is 2.66. The average Bonchev–Trinajstić information content (AvgIpc) is 3.18. The summed E-state index contributed by atoms with van der Waals surface area (Å²) in [5.74, 6) is -2.77. The number of anilines is 1. The molecule has 0 amide bonds. The number of phosphoric ester groups is 1. The first-order chi connectivity index (χ1) is 15.8. The summed E-state index contributed by atoms with van der Waals surface area (Å²) in [6.45, 7) is -1.94. The summed E-state index contributed by atoms with van der Waals surface area (Å²) in [5, 5.41) is 10.6. The summed E-state index contributed by atoms with van der Waals surface area (Å²) in [5.41, 5.74) is 0.535. The third-order valence-electron chi connectivity index (χ3n) is 4.22. The number of aromatic nitrogens is 4. The lowest BCUT2D eigenvalue weighted by Crippen LogP contribution is -2.47. The first-order valence-corrected chi connectivity index (χ1v) is 13.1. The van der Waals surface area contributed by atoms with E-state index in [1.165, 1.54) is 0 Å². The van der Waals surface area contributed by atoms with Gasteiger partial charge in [0.15, 0.2) is 17.4 Å². The number of nitrogens with one attached hydrogen (secondary N) is 1. The number of nitrogens with zero attached hydrogens (tertiary/aromatic N) is 3. The molecule has 8 N–H and O–H groups in total. The number of hydrogen-bond acceptors (Lipinski definition) is 12. The van der Waals surface area contributed by atoms with Crippen LogP contribution in [0.15, 0.2) is 11.1 Å². The van der Waals surface area contributed by atoms with E-state index in [1.807, 2.05) is 0 Å². The first-order valence-electron chi connectivity index (χ1n) is 8.54. The predicted octanol–water partition coefficient (Wildman–Crippen LogP) is -1.06. The molecule has 0 aromatic carbocycles. The van der Waals surface area contributed by atoms with E-state index in [-0.39, 0.29) is 0 Å². The molecule has 0 bridgehead atoms. The predicted molar refractivity (Wildman–Crippen MR) is 105 cm³/mol. The Hall–Kier alpha value is -2.10. The zero-order chi connectivity index (χ0) is 26.6. The van der Waals surface area contributed by atoms with Gasteiger partial charge in [0.1, 0.15) is 6.61 Å². The molecule has 0 aliphatic carbocycles. The number of terminal acetylenes is 1. The fourth-order valence-electron chi connectivity index (χ4n) is 2.90. The van der Waals surface area contributed by atoms with Crippen molar-refractivity contribution in [2.24, 2.45) is 0 Å². The van der Waals surface area contributed by atoms with Crippen LogP contribution in [0.2, 0.25) is 0 Å². The van der Waals surface area contributed by atoms with Crippen molar-refractivity contribution in [2.75, 3.05) is 12.3 Å². The number of phosphoric acid groups is 3. The van der Waals surface area contributed by atoms with Gasteiger partial charge in [-0.1, -0.05) is 5.92 Å². The van der Waals surface area contributed by atoms with Crippen molar-refractivity contribution < 1.29 is 65.0 Å². The SMILES string of the molecule is C#C[C@]1(O)C(n2cnc3c(=O)[nH]c(N)nc32)O[C@](F)(COP(=O)(O)OP(=O)(O)OP(=O)(O)O)[C@H]1F. The van der Waals surface area contributed by atoms with Crippen LogP contribution in [-0.2, 0) is 31.6 Å². The van der Waals surface area contributed by atoms with Crippen molar-refractivity contribution in [3.63, 3.8) is 0 Å². The molecule has 0 radical (unpaired) electrons. The molecule has 18 nitrogen and oxygen atoms in total. The van der Waals surface area contributed by atoms with Gasteiger partial charge >= 0.3 is 23.5 Å². The van der Waals surface area contributed by atoms with Crippen molar-refractivity contribution >= 4 is 40.6 Å². The molecule has 3 unspecified atom stereocenters. The fraction of sp³-hybridized carbons (Fsp3) is 0.417. The monoisotopic (exact) mass is 567 g/mol. The number of aromatic amines is 1. The molecule has 2 aromatic rings. The summed E-state index contributed by atoms with van der Waals surface area (Å²) in [4.78, 5) is 56.9. The van der Waals surface area contributed by atoms with E-state index < -0.39 is 76.6 Å². The van der Waals surface area contributed by atoms with Crippen molar-refractivity contribution in [1.29, 1.82) is 0 Å². The number of fused-ring (bicyclic) bond motifs is 1. The van der Waals surface area contributed by atoms with Gasteiger partial charge in [0.05, 0.1) is 6.33 Å². The molecular formula is C12H14F2N5O13P3. The zero-order valence-corrected chi connectivity index (χ0v) is 19.2. The van der Waals surface area contributed by atoms with Crippen molar-refractivity contribution in [3.8, 4) is 12.3 Å².